The summed E-state index contributed by atoms with van der Waals surface area (Å²) in [5, 5.41) is 8.15. The van der Waals surface area contributed by atoms with Gasteiger partial charge < -0.3 is 4.90 Å². The van der Waals surface area contributed by atoms with Crippen molar-refractivity contribution in [1.29, 1.82) is 0 Å². The van der Waals surface area contributed by atoms with E-state index in [1.165, 1.54) is 0 Å². The number of nitrogens with zero attached hydrogens (tertiary/aromatic N) is 4. The van der Waals surface area contributed by atoms with E-state index >= 15 is 0 Å². The summed E-state index contributed by atoms with van der Waals surface area (Å²) in [7, 11) is 1.84. The van der Waals surface area contributed by atoms with Crippen LogP contribution in [0.5, 0.6) is 0 Å². The lowest BCUT2D eigenvalue weighted by molar-refractivity contribution is -0.129. The van der Waals surface area contributed by atoms with Crippen LogP contribution in [-0.2, 0) is 17.6 Å². The van der Waals surface area contributed by atoms with Crippen molar-refractivity contribution in [3.8, 4) is 11.3 Å². The average molecular weight is 456 g/mol. The molecule has 0 unspecified atom stereocenters. The van der Waals surface area contributed by atoms with Crippen LogP contribution in [0, 0.1) is 0 Å². The zero-order chi connectivity index (χ0) is 23.5. The van der Waals surface area contributed by atoms with E-state index in [2.05, 4.69) is 16.3 Å². The smallest absolute Gasteiger partial charge is 0.261 e. The third-order valence-corrected chi connectivity index (χ3v) is 6.42. The van der Waals surface area contributed by atoms with Crippen molar-refractivity contribution < 1.29 is 4.79 Å². The molecule has 0 aliphatic heterocycles. The topological polar surface area (TPSA) is 83.9 Å². The van der Waals surface area contributed by atoms with E-state index in [1.54, 1.807) is 4.90 Å². The predicted octanol–water partition coefficient (Wildman–Crippen LogP) is 4.15. The van der Waals surface area contributed by atoms with Crippen LogP contribution in [0.15, 0.2) is 65.5 Å². The number of para-hydroxylation sites is 1. The molecular weight excluding hydrogens is 426 g/mol. The van der Waals surface area contributed by atoms with Crippen molar-refractivity contribution in [3.05, 3.63) is 82.5 Å². The fourth-order valence-corrected chi connectivity index (χ4v) is 4.36. The number of aryl methyl sites for hydroxylation is 2. The van der Waals surface area contributed by atoms with Crippen LogP contribution in [0.1, 0.15) is 43.2 Å². The second-order valence-corrected chi connectivity index (χ2v) is 9.01. The summed E-state index contributed by atoms with van der Waals surface area (Å²) in [5.41, 5.74) is 3.80. The monoisotopic (exact) mass is 455 g/mol. The molecule has 0 saturated heterocycles. The second-order valence-electron chi connectivity index (χ2n) is 9.01. The Hall–Kier alpha value is -3.74. The summed E-state index contributed by atoms with van der Waals surface area (Å²) < 4.78 is 1.82. The van der Waals surface area contributed by atoms with Crippen molar-refractivity contribution in [3.63, 3.8) is 0 Å². The number of hydrogen-bond acceptors (Lipinski definition) is 4. The van der Waals surface area contributed by atoms with Crippen LogP contribution in [0.25, 0.3) is 22.2 Å². The molecule has 7 nitrogen and oxygen atoms in total. The van der Waals surface area contributed by atoms with Gasteiger partial charge in [0.25, 0.3) is 5.56 Å². The summed E-state index contributed by atoms with van der Waals surface area (Å²) >= 11 is 0. The van der Waals surface area contributed by atoms with Gasteiger partial charge >= 0.3 is 0 Å². The predicted molar refractivity (Wildman–Crippen MR) is 133 cm³/mol. The number of rotatable bonds is 9. The second kappa shape index (κ2) is 9.63. The molecule has 1 aliphatic carbocycles. The number of aromatic nitrogens is 4. The van der Waals surface area contributed by atoms with E-state index in [0.717, 1.165) is 48.5 Å². The number of fused-ring (bicyclic) bond motifs is 1. The summed E-state index contributed by atoms with van der Waals surface area (Å²) in [6.45, 7) is 0.666. The van der Waals surface area contributed by atoms with Gasteiger partial charge in [-0.25, -0.2) is 4.98 Å². The molecule has 0 spiro atoms. The van der Waals surface area contributed by atoms with Gasteiger partial charge in [-0.1, -0.05) is 42.5 Å². The molecule has 174 valence electrons. The van der Waals surface area contributed by atoms with Crippen LogP contribution in [0.3, 0.4) is 0 Å². The first-order chi connectivity index (χ1) is 16.6. The minimum atomic E-state index is 0.0123. The first-order valence-electron chi connectivity index (χ1n) is 11.9. The number of amides is 1. The third kappa shape index (κ3) is 4.78. The number of nitrogens with one attached hydrogen (secondary N) is 1. The zero-order valence-electron chi connectivity index (χ0n) is 19.4. The van der Waals surface area contributed by atoms with Gasteiger partial charge in [-0.15, -0.1) is 0 Å². The SMILES string of the molecule is CN(CCCc1cc(-c2ccccc2)n[nH]1)C(=O)CCc1nc2ccccc2c(=O)n1C1CC1. The number of hydrogen-bond donors (Lipinski definition) is 1. The molecule has 0 atom stereocenters. The normalized spacial score (nSPS) is 13.3. The van der Waals surface area contributed by atoms with E-state index in [4.69, 9.17) is 4.98 Å². The molecule has 2 aromatic carbocycles. The van der Waals surface area contributed by atoms with Gasteiger partial charge in [0.05, 0.1) is 16.6 Å². The van der Waals surface area contributed by atoms with Gasteiger partial charge in [0, 0.05) is 43.7 Å². The number of H-pyrrole nitrogens is 1. The van der Waals surface area contributed by atoms with E-state index < -0.39 is 0 Å². The first-order valence-corrected chi connectivity index (χ1v) is 11.9. The number of aromatic amines is 1. The fourth-order valence-electron chi connectivity index (χ4n) is 4.36. The molecule has 1 aliphatic rings. The van der Waals surface area contributed by atoms with Crippen molar-refractivity contribution in [2.75, 3.05) is 13.6 Å². The molecule has 1 saturated carbocycles. The van der Waals surface area contributed by atoms with E-state index in [1.807, 2.05) is 66.2 Å². The Labute approximate surface area is 198 Å². The standard InChI is InChI=1S/C27H29N5O2/c1-31(17-7-10-20-18-24(30-29-20)19-8-3-2-4-9-19)26(33)16-15-25-28-23-12-6-5-11-22(23)27(34)32(25)21-13-14-21/h2-6,8-9,11-12,18,21H,7,10,13-17H2,1H3,(H,29,30). The molecule has 1 fully saturated rings. The number of carbonyl (C=O) groups is 1. The highest BCUT2D eigenvalue weighted by Gasteiger charge is 2.28. The molecule has 1 amide bonds. The first kappa shape index (κ1) is 22.1. The summed E-state index contributed by atoms with van der Waals surface area (Å²) in [6.07, 6.45) is 4.49. The highest BCUT2D eigenvalue weighted by Crippen LogP contribution is 2.35. The van der Waals surface area contributed by atoms with E-state index in [9.17, 15) is 9.59 Å². The average Bonchev–Trinajstić information content (AvgIpc) is 3.59. The zero-order valence-corrected chi connectivity index (χ0v) is 19.4. The molecule has 1 N–H and O–H groups in total. The number of benzene rings is 2. The number of carbonyl (C=O) groups excluding carboxylic acids is 1. The van der Waals surface area contributed by atoms with Crippen LogP contribution in [-0.4, -0.2) is 44.1 Å². The maximum absolute atomic E-state index is 13.0. The van der Waals surface area contributed by atoms with Crippen molar-refractivity contribution in [2.45, 2.75) is 44.6 Å². The lowest BCUT2D eigenvalue weighted by Gasteiger charge is -2.18. The quantitative estimate of drug-likeness (QED) is 0.411. The van der Waals surface area contributed by atoms with Crippen molar-refractivity contribution >= 4 is 16.8 Å². The van der Waals surface area contributed by atoms with Crippen molar-refractivity contribution in [2.24, 2.45) is 0 Å². The lowest BCUT2D eigenvalue weighted by Crippen LogP contribution is -2.30. The Morgan fingerprint density at radius 2 is 1.85 bits per heavy atom. The van der Waals surface area contributed by atoms with Gasteiger partial charge in [-0.2, -0.15) is 5.10 Å². The Morgan fingerprint density at radius 3 is 2.65 bits per heavy atom. The highest BCUT2D eigenvalue weighted by atomic mass is 16.2. The van der Waals surface area contributed by atoms with Gasteiger partial charge in [-0.05, 0) is 43.9 Å². The van der Waals surface area contributed by atoms with Crippen LogP contribution in [0.4, 0.5) is 0 Å². The highest BCUT2D eigenvalue weighted by molar-refractivity contribution is 5.78. The molecule has 0 bridgehead atoms. The van der Waals surface area contributed by atoms with Gasteiger partial charge in [0.1, 0.15) is 5.82 Å². The molecular formula is C27H29N5O2. The Kier molecular flexibility index (Phi) is 6.25. The largest absolute Gasteiger partial charge is 0.346 e. The van der Waals surface area contributed by atoms with Crippen LogP contribution in [0.2, 0.25) is 0 Å². The molecule has 4 aromatic rings. The van der Waals surface area contributed by atoms with Gasteiger partial charge in [0.2, 0.25) is 5.91 Å². The summed E-state index contributed by atoms with van der Waals surface area (Å²) in [4.78, 5) is 32.3. The summed E-state index contributed by atoms with van der Waals surface area (Å²) in [6, 6.07) is 19.8. The van der Waals surface area contributed by atoms with Gasteiger partial charge in [-0.3, -0.25) is 19.3 Å². The van der Waals surface area contributed by atoms with Crippen molar-refractivity contribution in [1.82, 2.24) is 24.6 Å². The van der Waals surface area contributed by atoms with E-state index in [-0.39, 0.29) is 17.5 Å². The molecule has 2 heterocycles. The molecule has 5 rings (SSSR count). The molecule has 34 heavy (non-hydrogen) atoms. The van der Waals surface area contributed by atoms with Gasteiger partial charge in [0.15, 0.2) is 0 Å². The Bertz CT molecular complexity index is 1350. The Morgan fingerprint density at radius 1 is 1.09 bits per heavy atom. The van der Waals surface area contributed by atoms with Crippen LogP contribution < -0.4 is 5.56 Å². The fraction of sp³-hybridized carbons (Fsp3) is 0.333. The molecule has 0 radical (unpaired) electrons. The third-order valence-electron chi connectivity index (χ3n) is 6.42. The Balaban J connectivity index is 1.16. The molecule has 2 aromatic heterocycles. The maximum Gasteiger partial charge on any atom is 0.261 e. The van der Waals surface area contributed by atoms with E-state index in [0.29, 0.717) is 30.3 Å². The minimum Gasteiger partial charge on any atom is -0.346 e. The maximum atomic E-state index is 13.0. The lowest BCUT2D eigenvalue weighted by atomic mass is 10.1. The summed E-state index contributed by atoms with van der Waals surface area (Å²) in [5.74, 6) is 0.790. The minimum absolute atomic E-state index is 0.0123. The van der Waals surface area contributed by atoms with Crippen LogP contribution >= 0.6 is 0 Å². The molecule has 7 heteroatoms.